The van der Waals surface area contributed by atoms with Crippen molar-refractivity contribution >= 4 is 10.0 Å². The second-order valence-corrected chi connectivity index (χ2v) is 6.06. The van der Waals surface area contributed by atoms with E-state index in [2.05, 4.69) is 5.32 Å². The van der Waals surface area contributed by atoms with Crippen molar-refractivity contribution in [3.63, 3.8) is 0 Å². The molecule has 0 spiro atoms. The van der Waals surface area contributed by atoms with Crippen molar-refractivity contribution in [1.82, 2.24) is 5.32 Å². The number of rotatable bonds is 7. The fraction of sp³-hybridized carbons (Fsp3) is 0.286. The summed E-state index contributed by atoms with van der Waals surface area (Å²) in [5.74, 6) is 0.517. The Hall–Kier alpha value is -1.67. The van der Waals surface area contributed by atoms with Crippen LogP contribution in [0.1, 0.15) is 16.9 Å². The molecule has 1 heterocycles. The normalized spacial score (nSPS) is 11.7. The van der Waals surface area contributed by atoms with Crippen LogP contribution in [0.2, 0.25) is 0 Å². The summed E-state index contributed by atoms with van der Waals surface area (Å²) in [6.07, 6.45) is 0. The van der Waals surface area contributed by atoms with Gasteiger partial charge in [0.25, 0.3) is 10.0 Å². The van der Waals surface area contributed by atoms with Crippen LogP contribution in [0.25, 0.3) is 0 Å². The summed E-state index contributed by atoms with van der Waals surface area (Å²) < 4.78 is 32.5. The van der Waals surface area contributed by atoms with E-state index in [0.717, 1.165) is 11.1 Å². The Morgan fingerprint density at radius 1 is 1.14 bits per heavy atom. The zero-order valence-corrected chi connectivity index (χ0v) is 12.5. The van der Waals surface area contributed by atoms with Crippen LogP contribution in [0.5, 0.6) is 0 Å². The number of hydrogen-bond donors (Lipinski definition) is 2. The van der Waals surface area contributed by atoms with Crippen molar-refractivity contribution < 1.29 is 17.6 Å². The van der Waals surface area contributed by atoms with Gasteiger partial charge in [-0.25, -0.2) is 13.6 Å². The van der Waals surface area contributed by atoms with Crippen LogP contribution in [0.15, 0.2) is 45.9 Å². The molecule has 0 aliphatic carbocycles. The predicted molar refractivity (Wildman–Crippen MR) is 77.8 cm³/mol. The number of methoxy groups -OCH3 is 1. The highest BCUT2D eigenvalue weighted by Crippen LogP contribution is 2.13. The van der Waals surface area contributed by atoms with Crippen molar-refractivity contribution in [2.75, 3.05) is 7.11 Å². The summed E-state index contributed by atoms with van der Waals surface area (Å²) in [6, 6.07) is 10.9. The van der Waals surface area contributed by atoms with Gasteiger partial charge in [-0.1, -0.05) is 24.3 Å². The monoisotopic (exact) mass is 310 g/mol. The molecule has 7 heteroatoms. The van der Waals surface area contributed by atoms with Gasteiger partial charge in [0.15, 0.2) is 0 Å². The molecule has 2 rings (SSSR count). The second-order valence-electron chi connectivity index (χ2n) is 4.57. The Labute approximate surface area is 124 Å². The fourth-order valence-corrected chi connectivity index (χ4v) is 2.43. The molecular weight excluding hydrogens is 292 g/mol. The zero-order valence-electron chi connectivity index (χ0n) is 11.7. The van der Waals surface area contributed by atoms with Gasteiger partial charge in [0.2, 0.25) is 5.09 Å². The molecule has 1 aromatic heterocycles. The maximum atomic E-state index is 11.1. The standard InChI is InChI=1S/C14H18N2O4S/c1-19-10-12-5-3-2-4-11(12)8-16-9-13-6-7-14(20-13)21(15,17)18/h2-7,16H,8-10H2,1H3,(H2,15,17,18). The maximum Gasteiger partial charge on any atom is 0.271 e. The maximum absolute atomic E-state index is 11.1. The van der Waals surface area contributed by atoms with E-state index in [0.29, 0.717) is 25.5 Å². The van der Waals surface area contributed by atoms with Gasteiger partial charge in [-0.15, -0.1) is 0 Å². The molecule has 21 heavy (non-hydrogen) atoms. The number of hydrogen-bond acceptors (Lipinski definition) is 5. The van der Waals surface area contributed by atoms with E-state index in [1.807, 2.05) is 24.3 Å². The molecule has 114 valence electrons. The van der Waals surface area contributed by atoms with Crippen LogP contribution in [0.3, 0.4) is 0 Å². The number of nitrogens with one attached hydrogen (secondary N) is 1. The predicted octanol–water partition coefficient (Wildman–Crippen LogP) is 1.36. The van der Waals surface area contributed by atoms with Crippen molar-refractivity contribution in [1.29, 1.82) is 0 Å². The van der Waals surface area contributed by atoms with Crippen LogP contribution in [-0.2, 0) is 34.5 Å². The first-order valence-electron chi connectivity index (χ1n) is 6.38. The Morgan fingerprint density at radius 3 is 2.48 bits per heavy atom. The average molecular weight is 310 g/mol. The summed E-state index contributed by atoms with van der Waals surface area (Å²) >= 11 is 0. The number of ether oxygens (including phenoxy) is 1. The third kappa shape index (κ3) is 4.40. The summed E-state index contributed by atoms with van der Waals surface area (Å²) in [6.45, 7) is 1.59. The number of primary sulfonamides is 1. The highest BCUT2D eigenvalue weighted by atomic mass is 32.2. The molecule has 0 atom stereocenters. The lowest BCUT2D eigenvalue weighted by molar-refractivity contribution is 0.184. The first-order chi connectivity index (χ1) is 10.0. The first kappa shape index (κ1) is 15.7. The lowest BCUT2D eigenvalue weighted by Gasteiger charge is -2.09. The number of furan rings is 1. The lowest BCUT2D eigenvalue weighted by atomic mass is 10.1. The molecule has 0 unspecified atom stereocenters. The molecule has 0 bridgehead atoms. The van der Waals surface area contributed by atoms with Gasteiger partial charge in [-0.3, -0.25) is 0 Å². The lowest BCUT2D eigenvalue weighted by Crippen LogP contribution is -2.14. The SMILES string of the molecule is COCc1ccccc1CNCc1ccc(S(N)(=O)=O)o1. The molecule has 0 saturated carbocycles. The summed E-state index contributed by atoms with van der Waals surface area (Å²) in [5, 5.41) is 7.96. The van der Waals surface area contributed by atoms with Crippen LogP contribution in [-0.4, -0.2) is 15.5 Å². The molecule has 3 N–H and O–H groups in total. The van der Waals surface area contributed by atoms with Gasteiger partial charge < -0.3 is 14.5 Å². The Bertz CT molecular complexity index is 695. The third-order valence-electron chi connectivity index (χ3n) is 2.95. The minimum Gasteiger partial charge on any atom is -0.447 e. The largest absolute Gasteiger partial charge is 0.447 e. The van der Waals surface area contributed by atoms with E-state index in [9.17, 15) is 8.42 Å². The molecule has 0 amide bonds. The quantitative estimate of drug-likeness (QED) is 0.805. The number of nitrogens with two attached hydrogens (primary N) is 1. The van der Waals surface area contributed by atoms with Gasteiger partial charge >= 0.3 is 0 Å². The highest BCUT2D eigenvalue weighted by molar-refractivity contribution is 7.89. The minimum absolute atomic E-state index is 0.223. The van der Waals surface area contributed by atoms with E-state index in [4.69, 9.17) is 14.3 Å². The molecule has 0 radical (unpaired) electrons. The van der Waals surface area contributed by atoms with Gasteiger partial charge in [0.05, 0.1) is 13.2 Å². The topological polar surface area (TPSA) is 94.6 Å². The Morgan fingerprint density at radius 2 is 1.86 bits per heavy atom. The highest BCUT2D eigenvalue weighted by Gasteiger charge is 2.12. The molecule has 0 aliphatic rings. The van der Waals surface area contributed by atoms with Crippen LogP contribution >= 0.6 is 0 Å². The molecule has 0 aliphatic heterocycles. The fourth-order valence-electron chi connectivity index (χ4n) is 1.95. The zero-order chi connectivity index (χ0) is 15.3. The number of benzene rings is 1. The van der Waals surface area contributed by atoms with Gasteiger partial charge in [-0.05, 0) is 23.3 Å². The van der Waals surface area contributed by atoms with E-state index in [1.165, 1.54) is 6.07 Å². The van der Waals surface area contributed by atoms with Gasteiger partial charge in [0, 0.05) is 13.7 Å². The molecule has 1 aromatic carbocycles. The minimum atomic E-state index is -3.78. The van der Waals surface area contributed by atoms with Crippen LogP contribution in [0.4, 0.5) is 0 Å². The van der Waals surface area contributed by atoms with Crippen molar-refractivity contribution in [2.24, 2.45) is 5.14 Å². The number of sulfonamides is 1. The molecule has 0 fully saturated rings. The summed E-state index contributed by atoms with van der Waals surface area (Å²) in [7, 11) is -2.13. The molecule has 6 nitrogen and oxygen atoms in total. The summed E-state index contributed by atoms with van der Waals surface area (Å²) in [5.41, 5.74) is 2.23. The van der Waals surface area contributed by atoms with Gasteiger partial charge in [0.1, 0.15) is 5.76 Å². The van der Waals surface area contributed by atoms with E-state index < -0.39 is 10.0 Å². The van der Waals surface area contributed by atoms with E-state index >= 15 is 0 Å². The van der Waals surface area contributed by atoms with Crippen molar-refractivity contribution in [3.8, 4) is 0 Å². The molecule has 0 saturated heterocycles. The average Bonchev–Trinajstić information content (AvgIpc) is 2.90. The van der Waals surface area contributed by atoms with Crippen LogP contribution < -0.4 is 10.5 Å². The smallest absolute Gasteiger partial charge is 0.271 e. The third-order valence-corrected chi connectivity index (χ3v) is 3.73. The molecule has 2 aromatic rings. The first-order valence-corrected chi connectivity index (χ1v) is 7.93. The molecular formula is C14H18N2O4S. The second kappa shape index (κ2) is 6.86. The Balaban J connectivity index is 1.94. The van der Waals surface area contributed by atoms with E-state index in [-0.39, 0.29) is 5.09 Å². The summed E-state index contributed by atoms with van der Waals surface area (Å²) in [4.78, 5) is 0. The van der Waals surface area contributed by atoms with Crippen molar-refractivity contribution in [2.45, 2.75) is 24.8 Å². The van der Waals surface area contributed by atoms with Gasteiger partial charge in [-0.2, -0.15) is 0 Å². The van der Waals surface area contributed by atoms with Crippen LogP contribution in [0, 0.1) is 0 Å². The van der Waals surface area contributed by atoms with E-state index in [1.54, 1.807) is 13.2 Å². The Kier molecular flexibility index (Phi) is 5.13. The van der Waals surface area contributed by atoms with Crippen molar-refractivity contribution in [3.05, 3.63) is 53.3 Å².